The lowest BCUT2D eigenvalue weighted by atomic mass is 9.95. The molecule has 1 fully saturated rings. The summed E-state index contributed by atoms with van der Waals surface area (Å²) in [5, 5.41) is 3.46. The van der Waals surface area contributed by atoms with Gasteiger partial charge in [-0.1, -0.05) is 12.1 Å². The van der Waals surface area contributed by atoms with Crippen molar-refractivity contribution in [1.29, 1.82) is 0 Å². The van der Waals surface area contributed by atoms with E-state index in [-0.39, 0.29) is 11.4 Å². The van der Waals surface area contributed by atoms with Crippen molar-refractivity contribution in [2.45, 2.75) is 31.8 Å². The molecule has 0 bridgehead atoms. The molecule has 1 unspecified atom stereocenters. The quantitative estimate of drug-likeness (QED) is 0.800. The summed E-state index contributed by atoms with van der Waals surface area (Å²) in [5.74, 6) is 0.506. The van der Waals surface area contributed by atoms with Gasteiger partial charge < -0.3 is 11.1 Å². The fourth-order valence-corrected chi connectivity index (χ4v) is 2.05. The van der Waals surface area contributed by atoms with Crippen molar-refractivity contribution >= 4 is 0 Å². The number of halogens is 1. The summed E-state index contributed by atoms with van der Waals surface area (Å²) < 4.78 is 13.0. The molecule has 1 aromatic carbocycles. The van der Waals surface area contributed by atoms with Crippen LogP contribution >= 0.6 is 0 Å². The number of hydrogen-bond donors (Lipinski definition) is 2. The zero-order valence-corrected chi connectivity index (χ0v) is 9.67. The van der Waals surface area contributed by atoms with Gasteiger partial charge in [0.15, 0.2) is 0 Å². The van der Waals surface area contributed by atoms with Crippen LogP contribution in [0.3, 0.4) is 0 Å². The SMILES string of the molecule is CC(CN)(NCc1cccc(F)c1)C1CC1. The van der Waals surface area contributed by atoms with Gasteiger partial charge >= 0.3 is 0 Å². The van der Waals surface area contributed by atoms with E-state index >= 15 is 0 Å². The molecule has 1 aromatic rings. The minimum Gasteiger partial charge on any atom is -0.329 e. The van der Waals surface area contributed by atoms with Crippen LogP contribution in [0.5, 0.6) is 0 Å². The van der Waals surface area contributed by atoms with Crippen molar-refractivity contribution in [1.82, 2.24) is 5.32 Å². The minimum atomic E-state index is -0.180. The van der Waals surface area contributed by atoms with Gasteiger partial charge in [0.25, 0.3) is 0 Å². The predicted octanol–water partition coefficient (Wildman–Crippen LogP) is 2.04. The predicted molar refractivity (Wildman–Crippen MR) is 63.4 cm³/mol. The molecule has 88 valence electrons. The van der Waals surface area contributed by atoms with E-state index in [0.29, 0.717) is 19.0 Å². The summed E-state index contributed by atoms with van der Waals surface area (Å²) >= 11 is 0. The third-order valence-electron chi connectivity index (χ3n) is 3.49. The van der Waals surface area contributed by atoms with Gasteiger partial charge in [0.1, 0.15) is 5.82 Å². The van der Waals surface area contributed by atoms with Crippen LogP contribution in [0, 0.1) is 11.7 Å². The summed E-state index contributed by atoms with van der Waals surface area (Å²) in [6.07, 6.45) is 2.51. The summed E-state index contributed by atoms with van der Waals surface area (Å²) in [5.41, 5.74) is 6.78. The highest BCUT2D eigenvalue weighted by Gasteiger charge is 2.39. The average Bonchev–Trinajstić information content (AvgIpc) is 3.10. The summed E-state index contributed by atoms with van der Waals surface area (Å²) in [6.45, 7) is 3.47. The number of benzene rings is 1. The smallest absolute Gasteiger partial charge is 0.123 e. The van der Waals surface area contributed by atoms with Gasteiger partial charge in [-0.05, 0) is 43.4 Å². The third-order valence-corrected chi connectivity index (χ3v) is 3.49. The molecule has 1 saturated carbocycles. The Morgan fingerprint density at radius 3 is 2.81 bits per heavy atom. The molecule has 3 heteroatoms. The third kappa shape index (κ3) is 2.60. The molecule has 0 spiro atoms. The molecule has 0 aliphatic heterocycles. The Balaban J connectivity index is 1.95. The van der Waals surface area contributed by atoms with Crippen molar-refractivity contribution in [3.8, 4) is 0 Å². The Bertz CT molecular complexity index is 363. The van der Waals surface area contributed by atoms with Crippen molar-refractivity contribution in [2.24, 2.45) is 11.7 Å². The zero-order valence-electron chi connectivity index (χ0n) is 9.67. The Hall–Kier alpha value is -0.930. The lowest BCUT2D eigenvalue weighted by molar-refractivity contribution is 0.317. The summed E-state index contributed by atoms with van der Waals surface area (Å²) in [6, 6.07) is 6.70. The molecule has 0 amide bonds. The van der Waals surface area contributed by atoms with E-state index in [1.165, 1.54) is 18.9 Å². The maximum absolute atomic E-state index is 13.0. The van der Waals surface area contributed by atoms with Crippen LogP contribution in [0.4, 0.5) is 4.39 Å². The Morgan fingerprint density at radius 1 is 1.50 bits per heavy atom. The largest absolute Gasteiger partial charge is 0.329 e. The van der Waals surface area contributed by atoms with E-state index in [1.807, 2.05) is 6.07 Å². The Morgan fingerprint density at radius 2 is 2.25 bits per heavy atom. The molecule has 1 aliphatic carbocycles. The summed E-state index contributed by atoms with van der Waals surface area (Å²) in [7, 11) is 0. The fourth-order valence-electron chi connectivity index (χ4n) is 2.05. The molecule has 2 nitrogen and oxygen atoms in total. The Labute approximate surface area is 96.0 Å². The first-order chi connectivity index (χ1) is 7.64. The van der Waals surface area contributed by atoms with E-state index in [2.05, 4.69) is 12.2 Å². The first-order valence-electron chi connectivity index (χ1n) is 5.83. The van der Waals surface area contributed by atoms with Crippen LogP contribution in [0.2, 0.25) is 0 Å². The number of nitrogens with one attached hydrogen (secondary N) is 1. The van der Waals surface area contributed by atoms with E-state index in [0.717, 1.165) is 5.56 Å². The van der Waals surface area contributed by atoms with Gasteiger partial charge in [0.05, 0.1) is 0 Å². The maximum atomic E-state index is 13.0. The van der Waals surface area contributed by atoms with Crippen molar-refractivity contribution in [2.75, 3.05) is 6.54 Å². The van der Waals surface area contributed by atoms with E-state index in [9.17, 15) is 4.39 Å². The topological polar surface area (TPSA) is 38.0 Å². The number of nitrogens with two attached hydrogens (primary N) is 1. The Kier molecular flexibility index (Phi) is 3.26. The van der Waals surface area contributed by atoms with Gasteiger partial charge in [-0.25, -0.2) is 4.39 Å². The van der Waals surface area contributed by atoms with Crippen LogP contribution < -0.4 is 11.1 Å². The molecule has 1 atom stereocenters. The van der Waals surface area contributed by atoms with Crippen LogP contribution in [0.25, 0.3) is 0 Å². The normalized spacial score (nSPS) is 19.4. The molecule has 0 saturated heterocycles. The van der Waals surface area contributed by atoms with E-state index in [4.69, 9.17) is 5.73 Å². The first-order valence-corrected chi connectivity index (χ1v) is 5.83. The second kappa shape index (κ2) is 4.52. The van der Waals surface area contributed by atoms with Crippen LogP contribution in [-0.4, -0.2) is 12.1 Å². The molecule has 0 aromatic heterocycles. The number of hydrogen-bond acceptors (Lipinski definition) is 2. The van der Waals surface area contributed by atoms with Crippen molar-refractivity contribution in [3.05, 3.63) is 35.6 Å². The standard InChI is InChI=1S/C13H19FN2/c1-13(9-15,11-5-6-11)16-8-10-3-2-4-12(14)7-10/h2-4,7,11,16H,5-6,8-9,15H2,1H3. The summed E-state index contributed by atoms with van der Waals surface area (Å²) in [4.78, 5) is 0. The van der Waals surface area contributed by atoms with Crippen molar-refractivity contribution in [3.63, 3.8) is 0 Å². The molecular weight excluding hydrogens is 203 g/mol. The molecule has 16 heavy (non-hydrogen) atoms. The molecular formula is C13H19FN2. The van der Waals surface area contributed by atoms with Crippen molar-refractivity contribution < 1.29 is 4.39 Å². The van der Waals surface area contributed by atoms with Gasteiger partial charge in [0, 0.05) is 18.6 Å². The van der Waals surface area contributed by atoms with E-state index < -0.39 is 0 Å². The highest BCUT2D eigenvalue weighted by atomic mass is 19.1. The van der Waals surface area contributed by atoms with Gasteiger partial charge in [-0.3, -0.25) is 0 Å². The van der Waals surface area contributed by atoms with Crippen LogP contribution in [-0.2, 0) is 6.54 Å². The lowest BCUT2D eigenvalue weighted by Gasteiger charge is -2.29. The molecule has 3 N–H and O–H groups in total. The van der Waals surface area contributed by atoms with Crippen LogP contribution in [0.15, 0.2) is 24.3 Å². The second-order valence-corrected chi connectivity index (χ2v) is 4.88. The maximum Gasteiger partial charge on any atom is 0.123 e. The average molecular weight is 222 g/mol. The minimum absolute atomic E-state index is 0.00627. The van der Waals surface area contributed by atoms with E-state index in [1.54, 1.807) is 12.1 Å². The monoisotopic (exact) mass is 222 g/mol. The molecule has 1 aliphatic rings. The molecule has 0 radical (unpaired) electrons. The number of rotatable bonds is 5. The van der Waals surface area contributed by atoms with Gasteiger partial charge in [-0.2, -0.15) is 0 Å². The highest BCUT2D eigenvalue weighted by Crippen LogP contribution is 2.39. The second-order valence-electron chi connectivity index (χ2n) is 4.88. The van der Waals surface area contributed by atoms with Gasteiger partial charge in [0.2, 0.25) is 0 Å². The van der Waals surface area contributed by atoms with Gasteiger partial charge in [-0.15, -0.1) is 0 Å². The highest BCUT2D eigenvalue weighted by molar-refractivity contribution is 5.16. The first kappa shape index (κ1) is 11.6. The molecule has 2 rings (SSSR count). The molecule has 0 heterocycles. The van der Waals surface area contributed by atoms with Crippen LogP contribution in [0.1, 0.15) is 25.3 Å². The fraction of sp³-hybridized carbons (Fsp3) is 0.538. The lowest BCUT2D eigenvalue weighted by Crippen LogP contribution is -2.50. The zero-order chi connectivity index (χ0) is 11.6.